The summed E-state index contributed by atoms with van der Waals surface area (Å²) in [5.74, 6) is -0.0945. The molecule has 0 aliphatic heterocycles. The number of nitrogens with one attached hydrogen (secondary N) is 2. The summed E-state index contributed by atoms with van der Waals surface area (Å²) in [6.45, 7) is 3.21. The highest BCUT2D eigenvalue weighted by Gasteiger charge is 2.23. The maximum absolute atomic E-state index is 12.4. The number of ether oxygens (including phenoxy) is 1. The zero-order chi connectivity index (χ0) is 17.9. The van der Waals surface area contributed by atoms with Crippen LogP contribution in [0.2, 0.25) is 10.0 Å². The molecule has 9 heteroatoms. The van der Waals surface area contributed by atoms with Crippen LogP contribution >= 0.6 is 23.2 Å². The molecule has 0 bridgehead atoms. The molecule has 2 amide bonds. The van der Waals surface area contributed by atoms with E-state index in [2.05, 4.69) is 15.8 Å². The number of halogens is 2. The van der Waals surface area contributed by atoms with Crippen LogP contribution < -0.4 is 15.4 Å². The SMILES string of the molecule is COc1c(Cl)ccc(Cl)c1C(=O)N[C@@H](C)C(=O)Nc1cc(C)on1. The van der Waals surface area contributed by atoms with Gasteiger partial charge in [-0.3, -0.25) is 9.59 Å². The molecule has 0 spiro atoms. The number of rotatable bonds is 5. The van der Waals surface area contributed by atoms with E-state index in [1.165, 1.54) is 26.2 Å². The van der Waals surface area contributed by atoms with E-state index < -0.39 is 17.9 Å². The number of benzene rings is 1. The molecular weight excluding hydrogens is 357 g/mol. The van der Waals surface area contributed by atoms with E-state index in [4.69, 9.17) is 32.5 Å². The summed E-state index contributed by atoms with van der Waals surface area (Å²) in [7, 11) is 1.37. The second-order valence-electron chi connectivity index (χ2n) is 4.94. The van der Waals surface area contributed by atoms with Gasteiger partial charge in [-0.2, -0.15) is 0 Å². The van der Waals surface area contributed by atoms with E-state index in [1.807, 2.05) is 0 Å². The number of aryl methyl sites for hydroxylation is 1. The molecule has 128 valence electrons. The third kappa shape index (κ3) is 3.98. The molecule has 0 saturated heterocycles. The van der Waals surface area contributed by atoms with Crippen molar-refractivity contribution in [2.45, 2.75) is 19.9 Å². The predicted molar refractivity (Wildman–Crippen MR) is 89.8 cm³/mol. The van der Waals surface area contributed by atoms with Crippen molar-refractivity contribution in [2.24, 2.45) is 0 Å². The molecule has 1 aromatic carbocycles. The maximum atomic E-state index is 12.4. The molecule has 0 aliphatic rings. The number of nitrogens with zero attached hydrogens (tertiary/aromatic N) is 1. The summed E-state index contributed by atoms with van der Waals surface area (Å²) in [6.07, 6.45) is 0. The highest BCUT2D eigenvalue weighted by atomic mass is 35.5. The molecule has 7 nitrogen and oxygen atoms in total. The van der Waals surface area contributed by atoms with Crippen molar-refractivity contribution in [3.8, 4) is 5.75 Å². The molecule has 24 heavy (non-hydrogen) atoms. The standard InChI is InChI=1S/C15H15Cl2N3O4/c1-7-6-11(20-24-7)19-14(21)8(2)18-15(22)12-9(16)4-5-10(17)13(12)23-3/h4-6,8H,1-3H3,(H,18,22)(H,19,20,21)/t8-/m0/s1. The number of carbonyl (C=O) groups is 2. The Labute approximate surface area is 148 Å². The van der Waals surface area contributed by atoms with Crippen molar-refractivity contribution >= 4 is 40.8 Å². The van der Waals surface area contributed by atoms with E-state index in [9.17, 15) is 9.59 Å². The van der Waals surface area contributed by atoms with Crippen molar-refractivity contribution in [2.75, 3.05) is 12.4 Å². The van der Waals surface area contributed by atoms with Gasteiger partial charge in [0.1, 0.15) is 17.4 Å². The highest BCUT2D eigenvalue weighted by molar-refractivity contribution is 6.37. The van der Waals surface area contributed by atoms with Gasteiger partial charge in [-0.15, -0.1) is 0 Å². The van der Waals surface area contributed by atoms with Gasteiger partial charge in [0.25, 0.3) is 5.91 Å². The van der Waals surface area contributed by atoms with Crippen LogP contribution in [0.1, 0.15) is 23.0 Å². The second-order valence-corrected chi connectivity index (χ2v) is 5.76. The van der Waals surface area contributed by atoms with Crippen LogP contribution in [0.15, 0.2) is 22.7 Å². The van der Waals surface area contributed by atoms with Gasteiger partial charge in [-0.05, 0) is 26.0 Å². The van der Waals surface area contributed by atoms with Crippen LogP contribution in [0.25, 0.3) is 0 Å². The number of hydrogen-bond acceptors (Lipinski definition) is 5. The monoisotopic (exact) mass is 371 g/mol. The van der Waals surface area contributed by atoms with Gasteiger partial charge in [-0.25, -0.2) is 0 Å². The van der Waals surface area contributed by atoms with Crippen LogP contribution in [-0.2, 0) is 4.79 Å². The summed E-state index contributed by atoms with van der Waals surface area (Å²) in [5, 5.41) is 9.11. The van der Waals surface area contributed by atoms with Gasteiger partial charge >= 0.3 is 0 Å². The Morgan fingerprint density at radius 2 is 1.96 bits per heavy atom. The second kappa shape index (κ2) is 7.55. The first-order valence-electron chi connectivity index (χ1n) is 6.90. The Kier molecular flexibility index (Phi) is 5.69. The average Bonchev–Trinajstić information content (AvgIpc) is 2.93. The zero-order valence-electron chi connectivity index (χ0n) is 13.1. The third-order valence-electron chi connectivity index (χ3n) is 3.11. The summed E-state index contributed by atoms with van der Waals surface area (Å²) >= 11 is 12.0. The molecule has 0 unspecified atom stereocenters. The van der Waals surface area contributed by atoms with Gasteiger partial charge in [0.2, 0.25) is 5.91 Å². The van der Waals surface area contributed by atoms with Gasteiger partial charge in [0, 0.05) is 6.07 Å². The first kappa shape index (κ1) is 18.1. The molecule has 2 N–H and O–H groups in total. The lowest BCUT2D eigenvalue weighted by molar-refractivity contribution is -0.117. The number of amides is 2. The Hall–Kier alpha value is -2.25. The van der Waals surface area contributed by atoms with E-state index in [-0.39, 0.29) is 27.2 Å². The smallest absolute Gasteiger partial charge is 0.257 e. The molecule has 1 heterocycles. The number of hydrogen-bond donors (Lipinski definition) is 2. The van der Waals surface area contributed by atoms with Crippen LogP contribution in [0, 0.1) is 6.92 Å². The fraction of sp³-hybridized carbons (Fsp3) is 0.267. The Morgan fingerprint density at radius 1 is 1.29 bits per heavy atom. The Balaban J connectivity index is 2.11. The molecule has 0 fully saturated rings. The van der Waals surface area contributed by atoms with Gasteiger partial charge in [-0.1, -0.05) is 28.4 Å². The molecule has 2 rings (SSSR count). The number of carbonyl (C=O) groups excluding carboxylic acids is 2. The first-order valence-corrected chi connectivity index (χ1v) is 7.66. The minimum Gasteiger partial charge on any atom is -0.494 e. The summed E-state index contributed by atoms with van der Waals surface area (Å²) in [4.78, 5) is 24.5. The number of anilines is 1. The Bertz CT molecular complexity index is 776. The van der Waals surface area contributed by atoms with E-state index in [0.717, 1.165) is 0 Å². The van der Waals surface area contributed by atoms with Crippen molar-refractivity contribution in [3.05, 3.63) is 39.6 Å². The molecular formula is C15H15Cl2N3O4. The normalized spacial score (nSPS) is 11.7. The quantitative estimate of drug-likeness (QED) is 0.842. The fourth-order valence-corrected chi connectivity index (χ4v) is 2.41. The predicted octanol–water partition coefficient (Wildman–Crippen LogP) is 3.06. The topological polar surface area (TPSA) is 93.5 Å². The van der Waals surface area contributed by atoms with Gasteiger partial charge < -0.3 is 19.9 Å². The lowest BCUT2D eigenvalue weighted by Gasteiger charge is -2.16. The van der Waals surface area contributed by atoms with Crippen molar-refractivity contribution in [1.29, 1.82) is 0 Å². The van der Waals surface area contributed by atoms with Crippen LogP contribution in [0.5, 0.6) is 5.75 Å². The molecule has 1 atom stereocenters. The summed E-state index contributed by atoms with van der Waals surface area (Å²) in [6, 6.07) is 3.70. The largest absolute Gasteiger partial charge is 0.494 e. The molecule has 2 aromatic rings. The van der Waals surface area contributed by atoms with Crippen LogP contribution in [0.4, 0.5) is 5.82 Å². The summed E-state index contributed by atoms with van der Waals surface area (Å²) < 4.78 is 9.97. The molecule has 1 aromatic heterocycles. The number of aromatic nitrogens is 1. The van der Waals surface area contributed by atoms with E-state index in [1.54, 1.807) is 13.0 Å². The zero-order valence-corrected chi connectivity index (χ0v) is 14.7. The van der Waals surface area contributed by atoms with Gasteiger partial charge in [0.05, 0.1) is 17.2 Å². The minimum atomic E-state index is -0.853. The molecule has 0 aliphatic carbocycles. The van der Waals surface area contributed by atoms with Gasteiger partial charge in [0.15, 0.2) is 11.6 Å². The van der Waals surface area contributed by atoms with E-state index >= 15 is 0 Å². The lowest BCUT2D eigenvalue weighted by atomic mass is 10.1. The van der Waals surface area contributed by atoms with Crippen molar-refractivity contribution in [3.63, 3.8) is 0 Å². The molecule has 0 radical (unpaired) electrons. The fourth-order valence-electron chi connectivity index (χ4n) is 1.94. The van der Waals surface area contributed by atoms with E-state index in [0.29, 0.717) is 5.76 Å². The van der Waals surface area contributed by atoms with Crippen LogP contribution in [0.3, 0.4) is 0 Å². The number of methoxy groups -OCH3 is 1. The van der Waals surface area contributed by atoms with Crippen molar-refractivity contribution < 1.29 is 18.8 Å². The molecule has 0 saturated carbocycles. The first-order chi connectivity index (χ1) is 11.3. The lowest BCUT2D eigenvalue weighted by Crippen LogP contribution is -2.41. The summed E-state index contributed by atoms with van der Waals surface area (Å²) in [5.41, 5.74) is 0.0589. The third-order valence-corrected chi connectivity index (χ3v) is 3.72. The van der Waals surface area contributed by atoms with Crippen LogP contribution in [-0.4, -0.2) is 30.1 Å². The average molecular weight is 372 g/mol. The minimum absolute atomic E-state index is 0.0589. The maximum Gasteiger partial charge on any atom is 0.257 e. The van der Waals surface area contributed by atoms with Crippen molar-refractivity contribution in [1.82, 2.24) is 10.5 Å². The Morgan fingerprint density at radius 3 is 2.54 bits per heavy atom. The highest BCUT2D eigenvalue weighted by Crippen LogP contribution is 2.33.